The molecule has 1 aromatic carbocycles. The number of aliphatic hydroxyl groups excluding tert-OH is 1. The third-order valence-corrected chi connectivity index (χ3v) is 7.23. The average Bonchev–Trinajstić information content (AvgIpc) is 3.18. The summed E-state index contributed by atoms with van der Waals surface area (Å²) in [4.78, 5) is 33.6. The number of nitrogens with zero attached hydrogens (tertiary/aromatic N) is 2. The van der Waals surface area contributed by atoms with Gasteiger partial charge in [-0.25, -0.2) is 0 Å². The van der Waals surface area contributed by atoms with Crippen molar-refractivity contribution in [2.45, 2.75) is 46.1 Å². The lowest BCUT2D eigenvalue weighted by atomic mass is 9.94. The Morgan fingerprint density at radius 1 is 1.09 bits per heavy atom. The molecule has 0 saturated carbocycles. The van der Waals surface area contributed by atoms with E-state index in [1.807, 2.05) is 45.0 Å². The summed E-state index contributed by atoms with van der Waals surface area (Å²) in [5.74, 6) is -1.27. The molecule has 1 unspecified atom stereocenters. The Labute approximate surface area is 197 Å². The van der Waals surface area contributed by atoms with Gasteiger partial charge in [-0.15, -0.1) is 0 Å². The van der Waals surface area contributed by atoms with Crippen LogP contribution in [0.4, 0.5) is 0 Å². The molecule has 2 aliphatic rings. The van der Waals surface area contributed by atoms with Gasteiger partial charge in [-0.3, -0.25) is 9.59 Å². The van der Waals surface area contributed by atoms with Crippen molar-refractivity contribution in [1.82, 2.24) is 14.8 Å². The van der Waals surface area contributed by atoms with Crippen LogP contribution in [0.2, 0.25) is 0 Å². The van der Waals surface area contributed by atoms with Crippen molar-refractivity contribution in [2.75, 3.05) is 26.2 Å². The van der Waals surface area contributed by atoms with E-state index >= 15 is 0 Å². The smallest absolute Gasteiger partial charge is 0.295 e. The zero-order chi connectivity index (χ0) is 23.0. The number of aromatic amines is 1. The lowest BCUT2D eigenvalue weighted by Crippen LogP contribution is -2.40. The molecule has 1 aromatic heterocycles. The largest absolute Gasteiger partial charge is 0.507 e. The molecule has 6 nitrogen and oxygen atoms in total. The first-order valence-corrected chi connectivity index (χ1v) is 12.0. The second-order valence-corrected chi connectivity index (χ2v) is 9.74. The van der Waals surface area contributed by atoms with Crippen LogP contribution >= 0.6 is 15.9 Å². The van der Waals surface area contributed by atoms with E-state index in [9.17, 15) is 14.7 Å². The molecule has 2 saturated heterocycles. The van der Waals surface area contributed by atoms with Gasteiger partial charge in [0.15, 0.2) is 0 Å². The molecule has 2 aliphatic heterocycles. The van der Waals surface area contributed by atoms with E-state index < -0.39 is 17.7 Å². The van der Waals surface area contributed by atoms with Crippen molar-refractivity contribution in [3.63, 3.8) is 0 Å². The Morgan fingerprint density at radius 3 is 2.44 bits per heavy atom. The van der Waals surface area contributed by atoms with Crippen LogP contribution in [-0.2, 0) is 9.59 Å². The van der Waals surface area contributed by atoms with Crippen LogP contribution in [0.25, 0.3) is 5.76 Å². The molecule has 0 bridgehead atoms. The van der Waals surface area contributed by atoms with Gasteiger partial charge < -0.3 is 19.9 Å². The van der Waals surface area contributed by atoms with Gasteiger partial charge in [0.1, 0.15) is 5.76 Å². The van der Waals surface area contributed by atoms with Gasteiger partial charge in [0.2, 0.25) is 0 Å². The average molecular weight is 500 g/mol. The predicted octanol–water partition coefficient (Wildman–Crippen LogP) is 4.61. The van der Waals surface area contributed by atoms with E-state index in [1.165, 1.54) is 19.3 Å². The highest BCUT2D eigenvalue weighted by atomic mass is 79.9. The minimum atomic E-state index is -0.622. The highest BCUT2D eigenvalue weighted by Gasteiger charge is 2.46. The molecule has 0 spiro atoms. The summed E-state index contributed by atoms with van der Waals surface area (Å²) in [7, 11) is 0. The first kappa shape index (κ1) is 22.8. The standard InChI is InChI=1S/C25H30BrN3O3/c1-15-16(2)27-17(3)20(15)23(30)21-22(18-8-7-9-19(26)14-18)29(25(32)24(21)31)13-12-28-10-5-4-6-11-28/h7-9,14,22,27,30H,4-6,10-13H2,1-3H3/b23-21+. The molecule has 4 rings (SSSR count). The SMILES string of the molecule is Cc1[nH]c(C)c(/C(O)=C2\C(=O)C(=O)N(CCN3CCCCC3)C2c2cccc(Br)c2)c1C. The Bertz CT molecular complexity index is 1080. The lowest BCUT2D eigenvalue weighted by Gasteiger charge is -2.31. The number of carbonyl (C=O) groups is 2. The fraction of sp³-hybridized carbons (Fsp3) is 0.440. The maximum absolute atomic E-state index is 13.2. The van der Waals surface area contributed by atoms with E-state index in [4.69, 9.17) is 0 Å². The van der Waals surface area contributed by atoms with Crippen LogP contribution in [0.5, 0.6) is 0 Å². The minimum absolute atomic E-state index is 0.104. The Hall–Kier alpha value is -2.38. The third kappa shape index (κ3) is 4.16. The van der Waals surface area contributed by atoms with E-state index in [2.05, 4.69) is 25.8 Å². The number of nitrogens with one attached hydrogen (secondary N) is 1. The number of H-pyrrole nitrogens is 1. The monoisotopic (exact) mass is 499 g/mol. The summed E-state index contributed by atoms with van der Waals surface area (Å²) in [6, 6.07) is 7.00. The maximum Gasteiger partial charge on any atom is 0.295 e. The van der Waals surface area contributed by atoms with E-state index in [-0.39, 0.29) is 11.3 Å². The molecule has 1 amide bonds. The van der Waals surface area contributed by atoms with Gasteiger partial charge in [-0.05, 0) is 70.0 Å². The fourth-order valence-electron chi connectivity index (χ4n) is 4.96. The summed E-state index contributed by atoms with van der Waals surface area (Å²) in [6.45, 7) is 8.92. The normalized spacial score (nSPS) is 21.5. The molecule has 32 heavy (non-hydrogen) atoms. The van der Waals surface area contributed by atoms with E-state index in [0.717, 1.165) is 46.6 Å². The Kier molecular flexibility index (Phi) is 6.58. The lowest BCUT2D eigenvalue weighted by molar-refractivity contribution is -0.140. The van der Waals surface area contributed by atoms with Gasteiger partial charge in [0, 0.05) is 34.5 Å². The van der Waals surface area contributed by atoms with Crippen molar-refractivity contribution in [3.8, 4) is 0 Å². The number of aliphatic hydroxyl groups is 1. The number of Topliss-reactive ketones (excluding diaryl/α,β-unsaturated/α-hetero) is 1. The maximum atomic E-state index is 13.2. The van der Waals surface area contributed by atoms with Crippen molar-refractivity contribution < 1.29 is 14.7 Å². The van der Waals surface area contributed by atoms with Crippen LogP contribution in [0.3, 0.4) is 0 Å². The topological polar surface area (TPSA) is 76.6 Å². The quantitative estimate of drug-likeness (QED) is 0.357. The highest BCUT2D eigenvalue weighted by Crippen LogP contribution is 2.41. The number of aryl methyl sites for hydroxylation is 2. The zero-order valence-electron chi connectivity index (χ0n) is 18.9. The molecular weight excluding hydrogens is 470 g/mol. The highest BCUT2D eigenvalue weighted by molar-refractivity contribution is 9.10. The number of aromatic nitrogens is 1. The third-order valence-electron chi connectivity index (χ3n) is 6.73. The zero-order valence-corrected chi connectivity index (χ0v) is 20.5. The molecule has 1 atom stereocenters. The Balaban J connectivity index is 1.79. The molecule has 2 N–H and O–H groups in total. The molecular formula is C25H30BrN3O3. The molecule has 2 fully saturated rings. The van der Waals surface area contributed by atoms with Crippen LogP contribution in [-0.4, -0.2) is 57.8 Å². The van der Waals surface area contributed by atoms with Crippen molar-refractivity contribution >= 4 is 33.4 Å². The van der Waals surface area contributed by atoms with E-state index in [0.29, 0.717) is 12.1 Å². The molecule has 3 heterocycles. The number of piperidine rings is 1. The molecule has 170 valence electrons. The fourth-order valence-corrected chi connectivity index (χ4v) is 5.38. The van der Waals surface area contributed by atoms with Gasteiger partial charge in [0.25, 0.3) is 11.7 Å². The predicted molar refractivity (Wildman–Crippen MR) is 128 cm³/mol. The van der Waals surface area contributed by atoms with Crippen molar-refractivity contribution in [3.05, 3.63) is 62.4 Å². The summed E-state index contributed by atoms with van der Waals surface area (Å²) in [6.07, 6.45) is 3.58. The van der Waals surface area contributed by atoms with Crippen molar-refractivity contribution in [1.29, 1.82) is 0 Å². The summed E-state index contributed by atoms with van der Waals surface area (Å²) >= 11 is 3.51. The first-order valence-electron chi connectivity index (χ1n) is 11.2. The number of halogens is 1. The van der Waals surface area contributed by atoms with Crippen molar-refractivity contribution in [2.24, 2.45) is 0 Å². The van der Waals surface area contributed by atoms with Crippen LogP contribution in [0, 0.1) is 20.8 Å². The molecule has 2 aromatic rings. The summed E-state index contributed by atoms with van der Waals surface area (Å²) < 4.78 is 0.862. The number of ketones is 1. The molecule has 7 heteroatoms. The number of hydrogen-bond donors (Lipinski definition) is 2. The molecule has 0 aliphatic carbocycles. The van der Waals surface area contributed by atoms with Gasteiger partial charge in [-0.1, -0.05) is 34.5 Å². The first-order chi connectivity index (χ1) is 15.3. The number of rotatable bonds is 5. The summed E-state index contributed by atoms with van der Waals surface area (Å²) in [5, 5.41) is 11.4. The van der Waals surface area contributed by atoms with Crippen LogP contribution in [0.15, 0.2) is 34.3 Å². The number of amides is 1. The number of benzene rings is 1. The number of carbonyl (C=O) groups excluding carboxylic acids is 2. The number of likely N-dealkylation sites (tertiary alicyclic amines) is 2. The number of hydrogen-bond acceptors (Lipinski definition) is 4. The van der Waals surface area contributed by atoms with Gasteiger partial charge in [0.05, 0.1) is 11.6 Å². The Morgan fingerprint density at radius 2 is 1.81 bits per heavy atom. The minimum Gasteiger partial charge on any atom is -0.507 e. The summed E-state index contributed by atoms with van der Waals surface area (Å²) in [5.41, 5.74) is 4.18. The van der Waals surface area contributed by atoms with Gasteiger partial charge >= 0.3 is 0 Å². The van der Waals surface area contributed by atoms with Crippen LogP contribution < -0.4 is 0 Å². The van der Waals surface area contributed by atoms with Crippen LogP contribution in [0.1, 0.15) is 53.4 Å². The molecule has 0 radical (unpaired) electrons. The van der Waals surface area contributed by atoms with E-state index in [1.54, 1.807) is 4.90 Å². The van der Waals surface area contributed by atoms with Gasteiger partial charge in [-0.2, -0.15) is 0 Å². The second-order valence-electron chi connectivity index (χ2n) is 8.82. The second kappa shape index (κ2) is 9.24.